The zero-order valence-corrected chi connectivity index (χ0v) is 13.5. The Labute approximate surface area is 123 Å². The van der Waals surface area contributed by atoms with Gasteiger partial charge in [0.2, 0.25) is 0 Å². The molecule has 0 aromatic rings. The van der Waals surface area contributed by atoms with Crippen LogP contribution in [-0.4, -0.2) is 18.2 Å². The van der Waals surface area contributed by atoms with Crippen molar-refractivity contribution in [3.8, 4) is 6.07 Å². The van der Waals surface area contributed by atoms with Gasteiger partial charge in [-0.2, -0.15) is 5.26 Å². The van der Waals surface area contributed by atoms with Gasteiger partial charge >= 0.3 is 0 Å². The molecule has 3 heteroatoms. The van der Waals surface area contributed by atoms with Crippen LogP contribution in [0.15, 0.2) is 0 Å². The highest BCUT2D eigenvalue weighted by Gasteiger charge is 2.61. The Balaban J connectivity index is 1.73. The van der Waals surface area contributed by atoms with Crippen molar-refractivity contribution in [2.45, 2.75) is 77.9 Å². The highest BCUT2D eigenvalue weighted by molar-refractivity contribution is 5.11. The Morgan fingerprint density at radius 1 is 1.35 bits per heavy atom. The second kappa shape index (κ2) is 5.31. The summed E-state index contributed by atoms with van der Waals surface area (Å²) in [4.78, 5) is 0. The Morgan fingerprint density at radius 3 is 2.55 bits per heavy atom. The van der Waals surface area contributed by atoms with E-state index in [1.165, 1.54) is 19.3 Å². The minimum atomic E-state index is -0.680. The lowest BCUT2D eigenvalue weighted by atomic mass is 9.70. The van der Waals surface area contributed by atoms with Crippen LogP contribution in [0.4, 0.5) is 0 Å². The summed E-state index contributed by atoms with van der Waals surface area (Å²) in [5.74, 6) is 0.837. The quantitative estimate of drug-likeness (QED) is 0.755. The summed E-state index contributed by atoms with van der Waals surface area (Å²) in [5.41, 5.74) is 5.92. The molecule has 2 saturated carbocycles. The molecule has 2 aliphatic rings. The smallest absolute Gasteiger partial charge is 0.101 e. The third-order valence-electron chi connectivity index (χ3n) is 6.38. The fraction of sp³-hybridized carbons (Fsp3) is 0.941. The highest BCUT2D eigenvalue weighted by Crippen LogP contribution is 2.66. The van der Waals surface area contributed by atoms with E-state index in [0.717, 1.165) is 31.8 Å². The first kappa shape index (κ1) is 15.8. The topological polar surface area (TPSA) is 59.0 Å². The molecule has 0 spiro atoms. The van der Waals surface area contributed by atoms with Gasteiger partial charge in [-0.3, -0.25) is 0 Å². The number of unbranched alkanes of at least 4 members (excludes halogenated alkanes) is 1. The van der Waals surface area contributed by atoms with E-state index < -0.39 is 5.54 Å². The van der Waals surface area contributed by atoms with Crippen LogP contribution in [0.5, 0.6) is 0 Å². The van der Waals surface area contributed by atoms with Crippen LogP contribution in [0.2, 0.25) is 0 Å². The molecule has 0 aromatic carbocycles. The SMILES string of the molecule is CC(N)(C#N)CCCCOC1CC2CCC1(C)C2(C)C. The number of ether oxygens (including phenoxy) is 1. The van der Waals surface area contributed by atoms with Gasteiger partial charge in [-0.1, -0.05) is 20.8 Å². The summed E-state index contributed by atoms with van der Waals surface area (Å²) in [7, 11) is 0. The molecule has 2 bridgehead atoms. The molecule has 20 heavy (non-hydrogen) atoms. The lowest BCUT2D eigenvalue weighted by Gasteiger charge is -2.39. The molecule has 2 N–H and O–H groups in total. The third kappa shape index (κ3) is 2.61. The second-order valence-electron chi connectivity index (χ2n) is 7.96. The minimum Gasteiger partial charge on any atom is -0.378 e. The van der Waals surface area contributed by atoms with Crippen molar-refractivity contribution in [1.29, 1.82) is 5.26 Å². The Kier molecular flexibility index (Phi) is 4.19. The number of nitriles is 1. The molecule has 2 fully saturated rings. The first-order chi connectivity index (χ1) is 9.23. The number of rotatable bonds is 6. The summed E-state index contributed by atoms with van der Waals surface area (Å²) in [5, 5.41) is 8.88. The van der Waals surface area contributed by atoms with Crippen molar-refractivity contribution in [2.75, 3.05) is 6.61 Å². The van der Waals surface area contributed by atoms with Crippen LogP contribution in [0.1, 0.15) is 66.2 Å². The molecule has 2 rings (SSSR count). The van der Waals surface area contributed by atoms with E-state index in [2.05, 4.69) is 26.8 Å². The molecule has 0 radical (unpaired) electrons. The molecule has 4 atom stereocenters. The fourth-order valence-corrected chi connectivity index (χ4v) is 4.26. The van der Waals surface area contributed by atoms with Crippen molar-refractivity contribution in [1.82, 2.24) is 0 Å². The first-order valence-electron chi connectivity index (χ1n) is 8.05. The van der Waals surface area contributed by atoms with E-state index in [9.17, 15) is 0 Å². The lowest BCUT2D eigenvalue weighted by molar-refractivity contribution is -0.0476. The largest absolute Gasteiger partial charge is 0.378 e. The zero-order valence-electron chi connectivity index (χ0n) is 13.5. The standard InChI is InChI=1S/C17H30N2O/c1-15(2)13-7-9-17(15,4)14(11-13)20-10-6-5-8-16(3,19)12-18/h13-14H,5-11,19H2,1-4H3. The molecule has 114 valence electrons. The second-order valence-corrected chi connectivity index (χ2v) is 7.96. The predicted octanol–water partition coefficient (Wildman–Crippen LogP) is 3.63. The van der Waals surface area contributed by atoms with Gasteiger partial charge in [0.25, 0.3) is 0 Å². The van der Waals surface area contributed by atoms with Gasteiger partial charge in [-0.25, -0.2) is 0 Å². The Bertz CT molecular complexity index is 396. The van der Waals surface area contributed by atoms with E-state index in [1.807, 2.05) is 0 Å². The van der Waals surface area contributed by atoms with Crippen LogP contribution in [0.25, 0.3) is 0 Å². The summed E-state index contributed by atoms with van der Waals surface area (Å²) in [6, 6.07) is 2.15. The molecular formula is C17H30N2O. The average Bonchev–Trinajstić information content (AvgIpc) is 2.71. The van der Waals surface area contributed by atoms with E-state index in [4.69, 9.17) is 15.7 Å². The zero-order chi connectivity index (χ0) is 15.0. The number of hydrogen-bond donors (Lipinski definition) is 1. The van der Waals surface area contributed by atoms with Crippen LogP contribution < -0.4 is 5.73 Å². The number of fused-ring (bicyclic) bond motifs is 2. The lowest BCUT2D eigenvalue weighted by Crippen LogP contribution is -2.37. The molecule has 4 unspecified atom stereocenters. The number of nitrogens with two attached hydrogens (primary N) is 1. The maximum Gasteiger partial charge on any atom is 0.101 e. The van der Waals surface area contributed by atoms with Gasteiger partial charge in [0, 0.05) is 6.61 Å². The minimum absolute atomic E-state index is 0.354. The molecule has 0 aromatic heterocycles. The van der Waals surface area contributed by atoms with Gasteiger partial charge in [-0.15, -0.1) is 0 Å². The van der Waals surface area contributed by atoms with Crippen LogP contribution in [-0.2, 0) is 4.74 Å². The molecule has 3 nitrogen and oxygen atoms in total. The fourth-order valence-electron chi connectivity index (χ4n) is 4.26. The summed E-state index contributed by atoms with van der Waals surface area (Å²) in [6.07, 6.45) is 7.07. The molecule has 0 saturated heterocycles. The van der Waals surface area contributed by atoms with E-state index >= 15 is 0 Å². The van der Waals surface area contributed by atoms with Crippen LogP contribution in [0, 0.1) is 28.1 Å². The molecular weight excluding hydrogens is 248 g/mol. The summed E-state index contributed by atoms with van der Waals surface area (Å²) < 4.78 is 6.20. The highest BCUT2D eigenvalue weighted by atomic mass is 16.5. The number of hydrogen-bond acceptors (Lipinski definition) is 3. The summed E-state index contributed by atoms with van der Waals surface area (Å²) in [6.45, 7) is 9.86. The molecule has 2 aliphatic carbocycles. The Hall–Kier alpha value is -0.590. The maximum atomic E-state index is 8.88. The average molecular weight is 278 g/mol. The van der Waals surface area contributed by atoms with Crippen molar-refractivity contribution in [2.24, 2.45) is 22.5 Å². The van der Waals surface area contributed by atoms with Crippen molar-refractivity contribution in [3.63, 3.8) is 0 Å². The van der Waals surface area contributed by atoms with Crippen LogP contribution in [0.3, 0.4) is 0 Å². The maximum absolute atomic E-state index is 8.88. The van der Waals surface area contributed by atoms with Crippen molar-refractivity contribution in [3.05, 3.63) is 0 Å². The van der Waals surface area contributed by atoms with Crippen molar-refractivity contribution < 1.29 is 4.74 Å². The number of nitrogens with zero attached hydrogens (tertiary/aromatic N) is 1. The van der Waals surface area contributed by atoms with Gasteiger partial charge in [0.05, 0.1) is 12.2 Å². The molecule has 0 aliphatic heterocycles. The first-order valence-corrected chi connectivity index (χ1v) is 8.05. The van der Waals surface area contributed by atoms with E-state index in [-0.39, 0.29) is 0 Å². The monoisotopic (exact) mass is 278 g/mol. The van der Waals surface area contributed by atoms with Gasteiger partial charge in [-0.05, 0) is 62.2 Å². The Morgan fingerprint density at radius 2 is 2.05 bits per heavy atom. The van der Waals surface area contributed by atoms with Gasteiger partial charge in [0.1, 0.15) is 5.54 Å². The van der Waals surface area contributed by atoms with Gasteiger partial charge < -0.3 is 10.5 Å². The van der Waals surface area contributed by atoms with Gasteiger partial charge in [0.15, 0.2) is 0 Å². The molecule has 0 heterocycles. The normalized spacial score (nSPS) is 37.6. The van der Waals surface area contributed by atoms with Crippen LogP contribution >= 0.6 is 0 Å². The third-order valence-corrected chi connectivity index (χ3v) is 6.38. The van der Waals surface area contributed by atoms with E-state index in [0.29, 0.717) is 16.9 Å². The molecule has 0 amide bonds. The van der Waals surface area contributed by atoms with E-state index in [1.54, 1.807) is 6.92 Å². The predicted molar refractivity (Wildman–Crippen MR) is 81.0 cm³/mol. The van der Waals surface area contributed by atoms with Crippen molar-refractivity contribution >= 4 is 0 Å². The summed E-state index contributed by atoms with van der Waals surface area (Å²) >= 11 is 0.